The van der Waals surface area contributed by atoms with E-state index < -0.39 is 23.2 Å². The topological polar surface area (TPSA) is 137 Å². The monoisotopic (exact) mass is 654 g/mol. The highest BCUT2D eigenvalue weighted by Gasteiger charge is 2.44. The van der Waals surface area contributed by atoms with Crippen molar-refractivity contribution in [1.82, 2.24) is 15.3 Å². The van der Waals surface area contributed by atoms with Crippen molar-refractivity contribution in [3.05, 3.63) is 80.8 Å². The number of amides is 2. The van der Waals surface area contributed by atoms with E-state index in [1.54, 1.807) is 44.2 Å². The highest BCUT2D eigenvalue weighted by atomic mass is 35.5. The van der Waals surface area contributed by atoms with Gasteiger partial charge in [-0.3, -0.25) is 9.59 Å². The zero-order valence-corrected chi connectivity index (χ0v) is 26.6. The lowest BCUT2D eigenvalue weighted by molar-refractivity contribution is -0.117. The number of benzene rings is 2. The highest BCUT2D eigenvalue weighted by Crippen LogP contribution is 2.44. The van der Waals surface area contributed by atoms with Gasteiger partial charge in [0.15, 0.2) is 0 Å². The Morgan fingerprint density at radius 3 is 2.51 bits per heavy atom. The molecule has 0 spiro atoms. The molecule has 0 radical (unpaired) electrons. The molecule has 2 aromatic carbocycles. The van der Waals surface area contributed by atoms with Gasteiger partial charge in [0.2, 0.25) is 5.91 Å². The summed E-state index contributed by atoms with van der Waals surface area (Å²) in [5, 5.41) is 16.2. The molecule has 1 aliphatic rings. The van der Waals surface area contributed by atoms with Gasteiger partial charge >= 0.3 is 0 Å². The Morgan fingerprint density at radius 1 is 1.13 bits per heavy atom. The van der Waals surface area contributed by atoms with Gasteiger partial charge in [0.05, 0.1) is 48.1 Å². The number of primary amides is 1. The molecule has 9 nitrogen and oxygen atoms in total. The second-order valence-electron chi connectivity index (χ2n) is 11.1. The quantitative estimate of drug-likeness (QED) is 0.183. The van der Waals surface area contributed by atoms with Crippen LogP contribution in [0.4, 0.5) is 4.39 Å². The van der Waals surface area contributed by atoms with Gasteiger partial charge in [0.1, 0.15) is 34.1 Å². The molecule has 1 atom stereocenters. The second kappa shape index (κ2) is 13.2. The van der Waals surface area contributed by atoms with Crippen LogP contribution < -0.4 is 20.5 Å². The molecule has 45 heavy (non-hydrogen) atoms. The number of halogens is 3. The molecule has 12 heteroatoms. The molecule has 4 N–H and O–H groups in total. The lowest BCUT2D eigenvalue weighted by Crippen LogP contribution is -2.49. The van der Waals surface area contributed by atoms with Crippen molar-refractivity contribution in [3.8, 4) is 22.8 Å². The van der Waals surface area contributed by atoms with Gasteiger partial charge in [-0.05, 0) is 69.0 Å². The number of methoxy groups -OCH3 is 1. The van der Waals surface area contributed by atoms with E-state index >= 15 is 0 Å². The van der Waals surface area contributed by atoms with Gasteiger partial charge in [-0.2, -0.15) is 0 Å². The largest absolute Gasteiger partial charge is 0.494 e. The Labute approximate surface area is 269 Å². The first-order chi connectivity index (χ1) is 21.4. The average Bonchev–Trinajstić information content (AvgIpc) is 2.97. The van der Waals surface area contributed by atoms with Crippen LogP contribution in [0, 0.1) is 18.7 Å². The predicted octanol–water partition coefficient (Wildman–Crippen LogP) is 5.90. The lowest BCUT2D eigenvalue weighted by atomic mass is 9.70. The van der Waals surface area contributed by atoms with Crippen molar-refractivity contribution in [2.45, 2.75) is 45.1 Å². The van der Waals surface area contributed by atoms with Gasteiger partial charge in [-0.15, -0.1) is 0 Å². The molecule has 0 aliphatic heterocycles. The zero-order valence-electron chi connectivity index (χ0n) is 25.0. The molecule has 2 heterocycles. The molecular weight excluding hydrogens is 622 g/mol. The third-order valence-corrected chi connectivity index (χ3v) is 8.82. The summed E-state index contributed by atoms with van der Waals surface area (Å²) in [5.41, 5.74) is 6.53. The summed E-state index contributed by atoms with van der Waals surface area (Å²) in [7, 11) is 1.49. The third kappa shape index (κ3) is 6.54. The van der Waals surface area contributed by atoms with E-state index in [-0.39, 0.29) is 53.2 Å². The zero-order chi connectivity index (χ0) is 32.5. The van der Waals surface area contributed by atoms with E-state index in [0.29, 0.717) is 51.3 Å². The number of aromatic nitrogens is 2. The number of nitrogens with one attached hydrogen (secondary N) is 1. The van der Waals surface area contributed by atoms with Crippen LogP contribution in [0.5, 0.6) is 11.5 Å². The number of hydrogen-bond donors (Lipinski definition) is 3. The molecule has 2 amide bonds. The smallest absolute Gasteiger partial charge is 0.251 e. The Hall–Kier alpha value is -3.99. The first-order valence-corrected chi connectivity index (χ1v) is 15.3. The van der Waals surface area contributed by atoms with E-state index in [4.69, 9.17) is 43.4 Å². The molecule has 5 rings (SSSR count). The second-order valence-corrected chi connectivity index (χ2v) is 11.9. The predicted molar refractivity (Wildman–Crippen MR) is 170 cm³/mol. The Bertz CT molecular complexity index is 1800. The van der Waals surface area contributed by atoms with Crippen LogP contribution >= 0.6 is 23.2 Å². The van der Waals surface area contributed by atoms with Crippen molar-refractivity contribution < 1.29 is 28.6 Å². The number of nitrogens with two attached hydrogens (primary N) is 1. The maximum atomic E-state index is 14.6. The lowest BCUT2D eigenvalue weighted by Gasteiger charge is -2.41. The Kier molecular flexibility index (Phi) is 9.48. The van der Waals surface area contributed by atoms with Crippen LogP contribution in [0.3, 0.4) is 0 Å². The Balaban J connectivity index is 1.57. The minimum atomic E-state index is -1.65. The number of hydrogen-bond acceptors (Lipinski definition) is 7. The number of pyridine rings is 2. The molecule has 1 fully saturated rings. The van der Waals surface area contributed by atoms with Crippen LogP contribution in [0.15, 0.2) is 42.5 Å². The fourth-order valence-electron chi connectivity index (χ4n) is 5.53. The minimum Gasteiger partial charge on any atom is -0.494 e. The van der Waals surface area contributed by atoms with Crippen LogP contribution in [0.1, 0.15) is 53.5 Å². The summed E-state index contributed by atoms with van der Waals surface area (Å²) < 4.78 is 26.0. The summed E-state index contributed by atoms with van der Waals surface area (Å²) in [4.78, 5) is 34.9. The highest BCUT2D eigenvalue weighted by molar-refractivity contribution is 6.32. The van der Waals surface area contributed by atoms with E-state index in [2.05, 4.69) is 10.3 Å². The number of carbonyl (C=O) groups excluding carboxylic acids is 2. The fourth-order valence-corrected chi connectivity index (χ4v) is 5.80. The van der Waals surface area contributed by atoms with Gasteiger partial charge in [0.25, 0.3) is 5.91 Å². The molecule has 0 unspecified atom stereocenters. The van der Waals surface area contributed by atoms with E-state index in [0.717, 1.165) is 6.42 Å². The summed E-state index contributed by atoms with van der Waals surface area (Å²) in [6.07, 6.45) is 2.04. The van der Waals surface area contributed by atoms with Gasteiger partial charge < -0.3 is 25.6 Å². The van der Waals surface area contributed by atoms with Crippen LogP contribution in [0.2, 0.25) is 10.0 Å². The number of aryl methyl sites for hydroxylation is 1. The minimum absolute atomic E-state index is 0.0718. The van der Waals surface area contributed by atoms with Crippen LogP contribution in [-0.2, 0) is 16.8 Å². The number of aliphatic hydroxyl groups is 1. The van der Waals surface area contributed by atoms with Gasteiger partial charge in [0, 0.05) is 22.1 Å². The summed E-state index contributed by atoms with van der Waals surface area (Å²) in [6, 6.07) is 10.7. The van der Waals surface area contributed by atoms with Crippen LogP contribution in [-0.4, -0.2) is 47.2 Å². The Morgan fingerprint density at radius 2 is 1.89 bits per heavy atom. The maximum Gasteiger partial charge on any atom is 0.251 e. The maximum absolute atomic E-state index is 14.6. The number of nitrogens with zero attached hydrogens (tertiary/aromatic N) is 2. The number of fused-ring (bicyclic) bond motifs is 1. The van der Waals surface area contributed by atoms with E-state index in [1.807, 2.05) is 0 Å². The number of ether oxygens (including phenoxy) is 2. The standard InChI is InChI=1S/C33H33Cl2FN4O5/c1-4-45-31-20(15-28(37)41)14-27(40-30(31)18-8-9-23(34)25(36)12-18)33(43,22-6-5-7-22)16-38-32(42)21-10-19-11-24(35)17(2)39-29(19)26(13-21)44-3/h8-14,22,43H,4-7,15-16H2,1-3H3,(H2,37,41)(H,38,42)/t33-/m1/s1. The van der Waals surface area contributed by atoms with Crippen molar-refractivity contribution in [1.29, 1.82) is 0 Å². The molecule has 0 bridgehead atoms. The van der Waals surface area contributed by atoms with Crippen molar-refractivity contribution in [2.24, 2.45) is 11.7 Å². The van der Waals surface area contributed by atoms with Crippen molar-refractivity contribution >= 4 is 45.9 Å². The molecular formula is C33H33Cl2FN4O5. The van der Waals surface area contributed by atoms with Gasteiger partial charge in [-0.25, -0.2) is 14.4 Å². The first kappa shape index (κ1) is 32.4. The number of rotatable bonds is 11. The van der Waals surface area contributed by atoms with E-state index in [1.165, 1.54) is 19.2 Å². The average molecular weight is 656 g/mol. The molecule has 2 aromatic heterocycles. The summed E-state index contributed by atoms with van der Waals surface area (Å²) in [5.74, 6) is -1.37. The summed E-state index contributed by atoms with van der Waals surface area (Å²) >= 11 is 12.2. The SMILES string of the molecule is CCOc1c(CC(N)=O)cc([C@@](O)(CNC(=O)c2cc(OC)c3nc(C)c(Cl)cc3c2)C2CCC2)nc1-c1ccc(Cl)c(F)c1. The number of carbonyl (C=O) groups is 2. The molecule has 1 saturated carbocycles. The molecule has 4 aromatic rings. The third-order valence-electron chi connectivity index (χ3n) is 8.13. The van der Waals surface area contributed by atoms with E-state index in [9.17, 15) is 19.1 Å². The molecule has 1 aliphatic carbocycles. The summed E-state index contributed by atoms with van der Waals surface area (Å²) in [6.45, 7) is 3.58. The molecule has 0 saturated heterocycles. The van der Waals surface area contributed by atoms with Crippen LogP contribution in [0.25, 0.3) is 22.2 Å². The fraction of sp³-hybridized carbons (Fsp3) is 0.333. The first-order valence-electron chi connectivity index (χ1n) is 14.5. The molecule has 236 valence electrons. The van der Waals surface area contributed by atoms with Gasteiger partial charge in [-0.1, -0.05) is 35.7 Å². The van der Waals surface area contributed by atoms with Crippen molar-refractivity contribution in [2.75, 3.05) is 20.3 Å². The van der Waals surface area contributed by atoms with Crippen molar-refractivity contribution in [3.63, 3.8) is 0 Å². The normalized spacial score (nSPS) is 14.5.